The van der Waals surface area contributed by atoms with Crippen LogP contribution in [0.5, 0.6) is 0 Å². The first-order valence-corrected chi connectivity index (χ1v) is 19.4. The number of aliphatic hydroxyl groups is 1. The molecular weight excluding hydrogens is 667 g/mol. The van der Waals surface area contributed by atoms with Crippen molar-refractivity contribution in [2.45, 2.75) is 149 Å². The lowest BCUT2D eigenvalue weighted by Gasteiger charge is -2.35. The largest absolute Gasteiger partial charge is 0.444 e. The molecule has 12 heteroatoms. The van der Waals surface area contributed by atoms with Crippen LogP contribution in [0.3, 0.4) is 0 Å². The molecule has 284 valence electrons. The SMILES string of the molecule is Cc1ncsc1-c1ccc([C@H](C)NC(=O)[C@@H]2C[C@@H](O)CN2C(=O)[C@@H](NC(=O)CCCCCCCCCCNC(=O)OC(C)(C)C)C(C)(C)C)cc1. The zero-order chi connectivity index (χ0) is 37.8. The van der Waals surface area contributed by atoms with Crippen molar-refractivity contribution in [3.8, 4) is 10.4 Å². The van der Waals surface area contributed by atoms with Gasteiger partial charge in [0.1, 0.15) is 17.7 Å². The molecule has 1 fully saturated rings. The summed E-state index contributed by atoms with van der Waals surface area (Å²) in [6, 6.07) is 6.01. The number of aryl methyl sites for hydroxylation is 1. The summed E-state index contributed by atoms with van der Waals surface area (Å²) < 4.78 is 5.24. The van der Waals surface area contributed by atoms with E-state index in [-0.39, 0.29) is 42.8 Å². The van der Waals surface area contributed by atoms with Gasteiger partial charge in [-0.05, 0) is 64.0 Å². The molecule has 51 heavy (non-hydrogen) atoms. The number of alkyl carbamates (subject to hydrolysis) is 1. The molecule has 1 aromatic heterocycles. The molecule has 0 unspecified atom stereocenters. The van der Waals surface area contributed by atoms with Gasteiger partial charge in [-0.3, -0.25) is 14.4 Å². The molecule has 4 N–H and O–H groups in total. The van der Waals surface area contributed by atoms with Crippen LogP contribution < -0.4 is 16.0 Å². The molecule has 3 rings (SSSR count). The number of amides is 4. The number of hydrogen-bond acceptors (Lipinski definition) is 8. The predicted octanol–water partition coefficient (Wildman–Crippen LogP) is 6.82. The highest BCUT2D eigenvalue weighted by Crippen LogP contribution is 2.29. The summed E-state index contributed by atoms with van der Waals surface area (Å²) in [5, 5.41) is 19.3. The molecule has 1 aliphatic heterocycles. The molecule has 11 nitrogen and oxygen atoms in total. The minimum Gasteiger partial charge on any atom is -0.444 e. The average Bonchev–Trinajstić information content (AvgIpc) is 3.66. The number of carbonyl (C=O) groups excluding carboxylic acids is 4. The first kappa shape index (κ1) is 41.9. The van der Waals surface area contributed by atoms with Gasteiger partial charge < -0.3 is 30.7 Å². The Morgan fingerprint density at radius 2 is 1.55 bits per heavy atom. The Labute approximate surface area is 308 Å². The molecule has 4 atom stereocenters. The van der Waals surface area contributed by atoms with E-state index in [0.717, 1.165) is 73.1 Å². The van der Waals surface area contributed by atoms with E-state index in [1.165, 1.54) is 4.90 Å². The van der Waals surface area contributed by atoms with Gasteiger partial charge in [-0.25, -0.2) is 9.78 Å². The third-order valence-corrected chi connectivity index (χ3v) is 10.0. The van der Waals surface area contributed by atoms with Crippen molar-refractivity contribution in [1.29, 1.82) is 0 Å². The molecule has 0 spiro atoms. The number of benzene rings is 1. The second kappa shape index (κ2) is 19.4. The molecular formula is C39H61N5O6S. The fourth-order valence-electron chi connectivity index (χ4n) is 6.22. The molecule has 0 bridgehead atoms. The lowest BCUT2D eigenvalue weighted by Crippen LogP contribution is -2.57. The Bertz CT molecular complexity index is 1430. The van der Waals surface area contributed by atoms with Crippen LogP contribution in [0.1, 0.15) is 130 Å². The molecule has 1 saturated heterocycles. The number of aliphatic hydroxyl groups excluding tert-OH is 1. The van der Waals surface area contributed by atoms with Gasteiger partial charge in [0.15, 0.2) is 0 Å². The van der Waals surface area contributed by atoms with Gasteiger partial charge >= 0.3 is 6.09 Å². The van der Waals surface area contributed by atoms with E-state index in [2.05, 4.69) is 20.9 Å². The summed E-state index contributed by atoms with van der Waals surface area (Å²) >= 11 is 1.59. The lowest BCUT2D eigenvalue weighted by atomic mass is 9.85. The van der Waals surface area contributed by atoms with Gasteiger partial charge in [0.05, 0.1) is 28.2 Å². The number of unbranched alkanes of at least 4 members (excludes halogenated alkanes) is 7. The fraction of sp³-hybridized carbons (Fsp3) is 0.667. The van der Waals surface area contributed by atoms with Crippen molar-refractivity contribution in [1.82, 2.24) is 25.8 Å². The van der Waals surface area contributed by atoms with Crippen LogP contribution in [0, 0.1) is 12.3 Å². The number of ether oxygens (including phenoxy) is 1. The van der Waals surface area contributed by atoms with Crippen LogP contribution in [0.4, 0.5) is 4.79 Å². The number of aromatic nitrogens is 1. The maximum atomic E-state index is 13.9. The van der Waals surface area contributed by atoms with Crippen molar-refractivity contribution in [3.05, 3.63) is 41.0 Å². The highest BCUT2D eigenvalue weighted by atomic mass is 32.1. The van der Waals surface area contributed by atoms with Crippen molar-refractivity contribution in [2.75, 3.05) is 13.1 Å². The van der Waals surface area contributed by atoms with Crippen molar-refractivity contribution < 1.29 is 29.0 Å². The number of thiazole rings is 1. The van der Waals surface area contributed by atoms with Gasteiger partial charge in [-0.15, -0.1) is 11.3 Å². The van der Waals surface area contributed by atoms with Crippen LogP contribution in [-0.4, -0.2) is 75.7 Å². The quantitative estimate of drug-likeness (QED) is 0.131. The number of carbonyl (C=O) groups is 4. The second-order valence-electron chi connectivity index (χ2n) is 15.9. The molecule has 0 aliphatic carbocycles. The van der Waals surface area contributed by atoms with Crippen molar-refractivity contribution in [3.63, 3.8) is 0 Å². The Balaban J connectivity index is 1.42. The van der Waals surface area contributed by atoms with Gasteiger partial charge in [-0.1, -0.05) is 83.6 Å². The molecule has 0 saturated carbocycles. The number of likely N-dealkylation sites (tertiary alicyclic amines) is 1. The van der Waals surface area contributed by atoms with E-state index in [4.69, 9.17) is 4.74 Å². The van der Waals surface area contributed by atoms with E-state index in [1.807, 2.05) is 85.2 Å². The minimum absolute atomic E-state index is 0.0386. The van der Waals surface area contributed by atoms with E-state index in [9.17, 15) is 24.3 Å². The first-order valence-electron chi connectivity index (χ1n) is 18.5. The Kier molecular flexibility index (Phi) is 15.9. The summed E-state index contributed by atoms with van der Waals surface area (Å²) in [5.41, 5.74) is 3.70. The second-order valence-corrected chi connectivity index (χ2v) is 16.7. The summed E-state index contributed by atoms with van der Waals surface area (Å²) in [6.45, 7) is 15.7. The number of hydrogen-bond donors (Lipinski definition) is 4. The van der Waals surface area contributed by atoms with E-state index < -0.39 is 29.2 Å². The van der Waals surface area contributed by atoms with Crippen LogP contribution in [0.25, 0.3) is 10.4 Å². The zero-order valence-corrected chi connectivity index (χ0v) is 32.8. The van der Waals surface area contributed by atoms with Gasteiger partial charge in [0.2, 0.25) is 17.7 Å². The van der Waals surface area contributed by atoms with E-state index in [1.54, 1.807) is 11.3 Å². The van der Waals surface area contributed by atoms with Crippen molar-refractivity contribution in [2.24, 2.45) is 5.41 Å². The predicted molar refractivity (Wildman–Crippen MR) is 202 cm³/mol. The monoisotopic (exact) mass is 727 g/mol. The first-order chi connectivity index (χ1) is 24.0. The number of nitrogens with one attached hydrogen (secondary N) is 3. The van der Waals surface area contributed by atoms with Gasteiger partial charge in [0, 0.05) is 25.9 Å². The topological polar surface area (TPSA) is 150 Å². The average molecular weight is 728 g/mol. The van der Waals surface area contributed by atoms with Crippen LogP contribution in [0.15, 0.2) is 29.8 Å². The van der Waals surface area contributed by atoms with Gasteiger partial charge in [0.25, 0.3) is 0 Å². The summed E-state index contributed by atoms with van der Waals surface area (Å²) in [6.07, 6.45) is 7.18. The van der Waals surface area contributed by atoms with E-state index >= 15 is 0 Å². The number of nitrogens with zero attached hydrogens (tertiary/aromatic N) is 2. The highest BCUT2D eigenvalue weighted by Gasteiger charge is 2.44. The normalized spacial score (nSPS) is 17.5. The maximum Gasteiger partial charge on any atom is 0.407 e. The lowest BCUT2D eigenvalue weighted by molar-refractivity contribution is -0.144. The molecule has 2 heterocycles. The Hall–Kier alpha value is -3.51. The molecule has 0 radical (unpaired) electrons. The summed E-state index contributed by atoms with van der Waals surface area (Å²) in [5.74, 6) is -0.871. The van der Waals surface area contributed by atoms with E-state index in [0.29, 0.717) is 13.0 Å². The Morgan fingerprint density at radius 1 is 0.941 bits per heavy atom. The molecule has 4 amide bonds. The third kappa shape index (κ3) is 13.9. The molecule has 1 aromatic carbocycles. The van der Waals surface area contributed by atoms with Crippen LogP contribution in [0.2, 0.25) is 0 Å². The smallest absolute Gasteiger partial charge is 0.407 e. The van der Waals surface area contributed by atoms with Gasteiger partial charge in [-0.2, -0.15) is 0 Å². The summed E-state index contributed by atoms with van der Waals surface area (Å²) in [4.78, 5) is 59.1. The maximum absolute atomic E-state index is 13.9. The van der Waals surface area contributed by atoms with Crippen LogP contribution in [-0.2, 0) is 19.1 Å². The molecule has 2 aromatic rings. The third-order valence-electron chi connectivity index (χ3n) is 9.06. The highest BCUT2D eigenvalue weighted by molar-refractivity contribution is 7.13. The number of β-amino-alcohol motifs (C(OH)–C–C–N with tert-alkyl or cyclic N) is 1. The summed E-state index contributed by atoms with van der Waals surface area (Å²) in [7, 11) is 0. The number of rotatable bonds is 17. The minimum atomic E-state index is -0.837. The van der Waals surface area contributed by atoms with Crippen LogP contribution >= 0.6 is 11.3 Å². The zero-order valence-electron chi connectivity index (χ0n) is 32.0. The fourth-order valence-corrected chi connectivity index (χ4v) is 7.04. The molecule has 1 aliphatic rings. The van der Waals surface area contributed by atoms with Crippen molar-refractivity contribution >= 4 is 35.2 Å². The Morgan fingerprint density at radius 3 is 2.12 bits per heavy atom. The standard InChI is InChI=1S/C39H61N5O6S/c1-26(28-18-20-29(21-19-28)33-27(2)41-25-51-33)42-35(47)31-23-30(45)24-44(31)36(48)34(38(3,4)5)43-32(46)17-15-13-11-9-10-12-14-16-22-40-37(49)50-39(6,7)8/h18-21,25-26,30-31,34,45H,9-17,22-24H2,1-8H3,(H,40,49)(H,42,47)(H,43,46)/t26-,30+,31-,34+/m0/s1.